The van der Waals surface area contributed by atoms with Gasteiger partial charge >= 0.3 is 5.97 Å². The second kappa shape index (κ2) is 4.98. The van der Waals surface area contributed by atoms with Gasteiger partial charge in [-0.3, -0.25) is 0 Å². The van der Waals surface area contributed by atoms with Crippen LogP contribution in [0.2, 0.25) is 5.02 Å². The van der Waals surface area contributed by atoms with Crippen molar-refractivity contribution in [1.29, 1.82) is 0 Å². The van der Waals surface area contributed by atoms with Crippen LogP contribution in [0.15, 0.2) is 12.1 Å². The van der Waals surface area contributed by atoms with E-state index in [1.54, 1.807) is 6.92 Å². The number of halogens is 2. The molecule has 1 rings (SSSR count). The molecule has 0 aliphatic rings. The van der Waals surface area contributed by atoms with Gasteiger partial charge in [0.1, 0.15) is 5.56 Å². The van der Waals surface area contributed by atoms with Gasteiger partial charge in [0.2, 0.25) is 0 Å². The lowest BCUT2D eigenvalue weighted by atomic mass is 10.2. The summed E-state index contributed by atoms with van der Waals surface area (Å²) in [5.74, 6) is -1.60. The van der Waals surface area contributed by atoms with E-state index < -0.39 is 11.8 Å². The number of hydrogen-bond acceptors (Lipinski definition) is 3. The molecule has 0 N–H and O–H groups in total. The Hall–Kier alpha value is -1.29. The summed E-state index contributed by atoms with van der Waals surface area (Å²) in [6.45, 7) is 1.81. The predicted molar refractivity (Wildman–Crippen MR) is 53.9 cm³/mol. The van der Waals surface area contributed by atoms with E-state index in [-0.39, 0.29) is 22.9 Å². The molecular formula is C10H10ClFO3. The van der Waals surface area contributed by atoms with Gasteiger partial charge in [-0.15, -0.1) is 0 Å². The molecule has 5 heteroatoms. The maximum Gasteiger partial charge on any atom is 0.341 e. The van der Waals surface area contributed by atoms with Crippen LogP contribution in [0.5, 0.6) is 5.75 Å². The third-order valence-corrected chi connectivity index (χ3v) is 1.94. The topological polar surface area (TPSA) is 35.5 Å². The quantitative estimate of drug-likeness (QED) is 0.752. The first-order valence-electron chi connectivity index (χ1n) is 4.30. The Bertz CT molecular complexity index is 379. The first kappa shape index (κ1) is 11.8. The average molecular weight is 233 g/mol. The van der Waals surface area contributed by atoms with Gasteiger partial charge in [0.15, 0.2) is 11.6 Å². The molecule has 0 heterocycles. The number of benzene rings is 1. The van der Waals surface area contributed by atoms with Crippen LogP contribution in [0.4, 0.5) is 4.39 Å². The Morgan fingerprint density at radius 3 is 2.73 bits per heavy atom. The fraction of sp³-hybridized carbons (Fsp3) is 0.300. The smallest absolute Gasteiger partial charge is 0.341 e. The van der Waals surface area contributed by atoms with Crippen LogP contribution in [-0.2, 0) is 4.74 Å². The van der Waals surface area contributed by atoms with E-state index in [0.717, 1.165) is 0 Å². The molecule has 0 aliphatic heterocycles. The first-order chi connectivity index (χ1) is 7.10. The summed E-state index contributed by atoms with van der Waals surface area (Å²) in [6, 6.07) is 2.50. The van der Waals surface area contributed by atoms with Crippen LogP contribution in [0, 0.1) is 5.82 Å². The minimum Gasteiger partial charge on any atom is -0.494 e. The average Bonchev–Trinajstić information content (AvgIpc) is 2.21. The van der Waals surface area contributed by atoms with Crippen molar-refractivity contribution in [1.82, 2.24) is 0 Å². The maximum atomic E-state index is 13.5. The van der Waals surface area contributed by atoms with Gasteiger partial charge in [0.25, 0.3) is 0 Å². The SMILES string of the molecule is CCOC(=O)c1cc(Cl)cc(OC)c1F. The van der Waals surface area contributed by atoms with E-state index in [1.807, 2.05) is 0 Å². The van der Waals surface area contributed by atoms with E-state index >= 15 is 0 Å². The summed E-state index contributed by atoms with van der Waals surface area (Å²) in [5, 5.41) is 0.219. The molecule has 1 aromatic rings. The third kappa shape index (κ3) is 2.59. The number of ether oxygens (including phenoxy) is 2. The fourth-order valence-electron chi connectivity index (χ4n) is 1.07. The molecule has 0 atom stereocenters. The van der Waals surface area contributed by atoms with Crippen molar-refractivity contribution in [3.63, 3.8) is 0 Å². The highest BCUT2D eigenvalue weighted by Crippen LogP contribution is 2.26. The van der Waals surface area contributed by atoms with Crippen LogP contribution in [0.1, 0.15) is 17.3 Å². The zero-order valence-corrected chi connectivity index (χ0v) is 9.10. The van der Waals surface area contributed by atoms with Crippen molar-refractivity contribution in [2.75, 3.05) is 13.7 Å². The van der Waals surface area contributed by atoms with Crippen molar-refractivity contribution in [2.24, 2.45) is 0 Å². The summed E-state index contributed by atoms with van der Waals surface area (Å²) in [7, 11) is 1.30. The van der Waals surface area contributed by atoms with Crippen LogP contribution >= 0.6 is 11.6 Å². The van der Waals surface area contributed by atoms with Crippen LogP contribution in [0.3, 0.4) is 0 Å². The zero-order valence-electron chi connectivity index (χ0n) is 8.34. The highest BCUT2D eigenvalue weighted by molar-refractivity contribution is 6.31. The second-order valence-electron chi connectivity index (χ2n) is 2.69. The van der Waals surface area contributed by atoms with Gasteiger partial charge in [0.05, 0.1) is 13.7 Å². The van der Waals surface area contributed by atoms with E-state index in [1.165, 1.54) is 19.2 Å². The Morgan fingerprint density at radius 2 is 2.20 bits per heavy atom. The van der Waals surface area contributed by atoms with Gasteiger partial charge in [-0.05, 0) is 13.0 Å². The normalized spacial score (nSPS) is 9.87. The van der Waals surface area contributed by atoms with E-state index in [0.29, 0.717) is 0 Å². The Morgan fingerprint density at radius 1 is 1.53 bits per heavy atom. The van der Waals surface area contributed by atoms with Crippen molar-refractivity contribution >= 4 is 17.6 Å². The minimum atomic E-state index is -0.764. The lowest BCUT2D eigenvalue weighted by molar-refractivity contribution is 0.0520. The fourth-order valence-corrected chi connectivity index (χ4v) is 1.28. The molecule has 0 spiro atoms. The van der Waals surface area contributed by atoms with Crippen LogP contribution in [0.25, 0.3) is 0 Å². The molecule has 0 unspecified atom stereocenters. The molecule has 0 saturated carbocycles. The molecule has 3 nitrogen and oxygen atoms in total. The number of hydrogen-bond donors (Lipinski definition) is 0. The first-order valence-corrected chi connectivity index (χ1v) is 4.68. The van der Waals surface area contributed by atoms with Crippen LogP contribution < -0.4 is 4.74 Å². The molecular weight excluding hydrogens is 223 g/mol. The molecule has 0 aromatic heterocycles. The zero-order chi connectivity index (χ0) is 11.4. The van der Waals surface area contributed by atoms with Gasteiger partial charge in [0, 0.05) is 11.1 Å². The molecule has 0 radical (unpaired) electrons. The number of carbonyl (C=O) groups excluding carboxylic acids is 1. The molecule has 0 bridgehead atoms. The lowest BCUT2D eigenvalue weighted by Crippen LogP contribution is -2.08. The van der Waals surface area contributed by atoms with E-state index in [4.69, 9.17) is 16.3 Å². The summed E-state index contributed by atoms with van der Waals surface area (Å²) < 4.78 is 22.9. The van der Waals surface area contributed by atoms with Gasteiger partial charge in [-0.2, -0.15) is 0 Å². The largest absolute Gasteiger partial charge is 0.494 e. The molecule has 0 saturated heterocycles. The van der Waals surface area contributed by atoms with Crippen molar-refractivity contribution < 1.29 is 18.7 Å². The van der Waals surface area contributed by atoms with Crippen LogP contribution in [-0.4, -0.2) is 19.7 Å². The van der Waals surface area contributed by atoms with Gasteiger partial charge in [-0.25, -0.2) is 9.18 Å². The van der Waals surface area contributed by atoms with Crippen molar-refractivity contribution in [3.05, 3.63) is 28.5 Å². The third-order valence-electron chi connectivity index (χ3n) is 1.72. The minimum absolute atomic E-state index is 0.0782. The van der Waals surface area contributed by atoms with E-state index in [2.05, 4.69) is 4.74 Å². The maximum absolute atomic E-state index is 13.5. The number of rotatable bonds is 3. The monoisotopic (exact) mass is 232 g/mol. The van der Waals surface area contributed by atoms with Crippen molar-refractivity contribution in [3.8, 4) is 5.75 Å². The molecule has 0 aliphatic carbocycles. The number of carbonyl (C=O) groups is 1. The second-order valence-corrected chi connectivity index (χ2v) is 3.13. The molecule has 1 aromatic carbocycles. The highest BCUT2D eigenvalue weighted by Gasteiger charge is 2.18. The summed E-state index contributed by atoms with van der Waals surface area (Å²) in [5.41, 5.74) is -0.221. The molecule has 0 amide bonds. The Kier molecular flexibility index (Phi) is 3.91. The Balaban J connectivity index is 3.17. The summed E-state index contributed by atoms with van der Waals surface area (Å²) >= 11 is 5.69. The molecule has 0 fully saturated rings. The van der Waals surface area contributed by atoms with Gasteiger partial charge < -0.3 is 9.47 Å². The molecule has 82 valence electrons. The van der Waals surface area contributed by atoms with Crippen molar-refractivity contribution in [2.45, 2.75) is 6.92 Å². The molecule has 15 heavy (non-hydrogen) atoms. The lowest BCUT2D eigenvalue weighted by Gasteiger charge is -2.07. The summed E-state index contributed by atoms with van der Waals surface area (Å²) in [4.78, 5) is 11.3. The predicted octanol–water partition coefficient (Wildman–Crippen LogP) is 2.66. The highest BCUT2D eigenvalue weighted by atomic mass is 35.5. The Labute approximate surface area is 91.7 Å². The van der Waals surface area contributed by atoms with E-state index in [9.17, 15) is 9.18 Å². The number of esters is 1. The standard InChI is InChI=1S/C10H10ClFO3/c1-3-15-10(13)7-4-6(11)5-8(14-2)9(7)12/h4-5H,3H2,1-2H3. The van der Waals surface area contributed by atoms with Gasteiger partial charge in [-0.1, -0.05) is 11.6 Å². The number of methoxy groups -OCH3 is 1. The summed E-state index contributed by atoms with van der Waals surface area (Å²) in [6.07, 6.45) is 0.